The molecule has 1 saturated carbocycles. The van der Waals surface area contributed by atoms with Crippen molar-refractivity contribution >= 4 is 0 Å². The van der Waals surface area contributed by atoms with Crippen molar-refractivity contribution in [2.45, 2.75) is 43.9 Å². The van der Waals surface area contributed by atoms with Crippen molar-refractivity contribution in [3.05, 3.63) is 22.8 Å². The van der Waals surface area contributed by atoms with E-state index in [9.17, 15) is 5.11 Å². The molecule has 2 bridgehead atoms. The highest BCUT2D eigenvalue weighted by Crippen LogP contribution is 2.59. The summed E-state index contributed by atoms with van der Waals surface area (Å²) in [4.78, 5) is 0. The normalized spacial score (nSPS) is 25.3. The topological polar surface area (TPSA) is 38.7 Å². The lowest BCUT2D eigenvalue weighted by molar-refractivity contribution is 0.269. The Morgan fingerprint density at radius 2 is 1.89 bits per heavy atom. The van der Waals surface area contributed by atoms with Gasteiger partial charge in [0.15, 0.2) is 0 Å². The van der Waals surface area contributed by atoms with Crippen LogP contribution in [-0.4, -0.2) is 25.9 Å². The average molecular weight is 262 g/mol. The van der Waals surface area contributed by atoms with E-state index in [2.05, 4.69) is 6.07 Å². The zero-order valence-electron chi connectivity index (χ0n) is 11.9. The molecule has 1 N–H and O–H groups in total. The van der Waals surface area contributed by atoms with Crippen LogP contribution in [0.2, 0.25) is 0 Å². The fraction of sp³-hybridized carbons (Fsp3) is 0.625. The molecule has 104 valence electrons. The highest BCUT2D eigenvalue weighted by Gasteiger charge is 2.42. The fourth-order valence-corrected chi connectivity index (χ4v) is 3.89. The quantitative estimate of drug-likeness (QED) is 0.905. The maximum absolute atomic E-state index is 9.46. The molecule has 3 nitrogen and oxygen atoms in total. The lowest BCUT2D eigenvalue weighted by Crippen LogP contribution is -2.09. The second kappa shape index (κ2) is 4.71. The first-order chi connectivity index (χ1) is 9.21. The lowest BCUT2D eigenvalue weighted by atomic mass is 9.86. The molecule has 3 heteroatoms. The lowest BCUT2D eigenvalue weighted by Gasteiger charge is -2.25. The molecule has 1 aromatic rings. The molecule has 2 aliphatic carbocycles. The standard InChI is InChI=1S/C16H22O3/c1-9(8-17)12-7-13(18-2)14-10-4-5-11(6-10)15(14)16(12)19-3/h7,9-11,17H,4-6,8H2,1-3H3. The first-order valence-electron chi connectivity index (χ1n) is 7.10. The fourth-order valence-electron chi connectivity index (χ4n) is 3.89. The number of fused-ring (bicyclic) bond motifs is 5. The molecule has 19 heavy (non-hydrogen) atoms. The summed E-state index contributed by atoms with van der Waals surface area (Å²) in [5, 5.41) is 9.46. The molecular weight excluding hydrogens is 240 g/mol. The van der Waals surface area contributed by atoms with E-state index in [1.165, 1.54) is 30.4 Å². The van der Waals surface area contributed by atoms with Gasteiger partial charge in [0, 0.05) is 29.2 Å². The second-order valence-electron chi connectivity index (χ2n) is 5.82. The van der Waals surface area contributed by atoms with Crippen LogP contribution in [0.5, 0.6) is 11.5 Å². The largest absolute Gasteiger partial charge is 0.496 e. The van der Waals surface area contributed by atoms with Crippen LogP contribution in [0.25, 0.3) is 0 Å². The summed E-state index contributed by atoms with van der Waals surface area (Å²) >= 11 is 0. The Morgan fingerprint density at radius 1 is 1.21 bits per heavy atom. The zero-order valence-corrected chi connectivity index (χ0v) is 11.9. The smallest absolute Gasteiger partial charge is 0.126 e. The summed E-state index contributed by atoms with van der Waals surface area (Å²) in [6.45, 7) is 2.16. The van der Waals surface area contributed by atoms with Gasteiger partial charge < -0.3 is 14.6 Å². The summed E-state index contributed by atoms with van der Waals surface area (Å²) in [6.07, 6.45) is 3.76. The van der Waals surface area contributed by atoms with E-state index in [0.29, 0.717) is 11.8 Å². The average Bonchev–Trinajstić information content (AvgIpc) is 3.06. The van der Waals surface area contributed by atoms with Crippen molar-refractivity contribution in [2.75, 3.05) is 20.8 Å². The SMILES string of the molecule is COc1cc(C(C)CO)c(OC)c2c1C1CCC2C1. The molecule has 0 spiro atoms. The summed E-state index contributed by atoms with van der Waals surface area (Å²) in [6, 6.07) is 2.07. The molecule has 0 amide bonds. The Bertz CT molecular complexity index is 495. The minimum atomic E-state index is 0.0771. The van der Waals surface area contributed by atoms with Crippen molar-refractivity contribution in [1.82, 2.24) is 0 Å². The first kappa shape index (κ1) is 12.8. The zero-order chi connectivity index (χ0) is 13.6. The van der Waals surface area contributed by atoms with E-state index in [-0.39, 0.29) is 12.5 Å². The highest BCUT2D eigenvalue weighted by atomic mass is 16.5. The predicted octanol–water partition coefficient (Wildman–Crippen LogP) is 3.16. The van der Waals surface area contributed by atoms with Gasteiger partial charge in [0.2, 0.25) is 0 Å². The van der Waals surface area contributed by atoms with Gasteiger partial charge in [-0.15, -0.1) is 0 Å². The molecule has 0 aromatic heterocycles. The Balaban J connectivity index is 2.22. The number of aliphatic hydroxyl groups excluding tert-OH is 1. The van der Waals surface area contributed by atoms with Gasteiger partial charge in [-0.3, -0.25) is 0 Å². The van der Waals surface area contributed by atoms with Crippen LogP contribution in [0, 0.1) is 0 Å². The molecule has 2 aliphatic rings. The van der Waals surface area contributed by atoms with Gasteiger partial charge in [-0.25, -0.2) is 0 Å². The van der Waals surface area contributed by atoms with Crippen molar-refractivity contribution in [1.29, 1.82) is 0 Å². The van der Waals surface area contributed by atoms with Gasteiger partial charge in [0.25, 0.3) is 0 Å². The summed E-state index contributed by atoms with van der Waals surface area (Å²) in [5.74, 6) is 3.31. The highest BCUT2D eigenvalue weighted by molar-refractivity contribution is 5.61. The van der Waals surface area contributed by atoms with E-state index in [0.717, 1.165) is 17.1 Å². The second-order valence-corrected chi connectivity index (χ2v) is 5.82. The van der Waals surface area contributed by atoms with Crippen LogP contribution in [-0.2, 0) is 0 Å². The van der Waals surface area contributed by atoms with Gasteiger partial charge in [0.05, 0.1) is 14.2 Å². The van der Waals surface area contributed by atoms with Crippen molar-refractivity contribution in [3.8, 4) is 11.5 Å². The molecule has 3 atom stereocenters. The number of benzene rings is 1. The predicted molar refractivity (Wildman–Crippen MR) is 74.4 cm³/mol. The minimum Gasteiger partial charge on any atom is -0.496 e. The third kappa shape index (κ3) is 1.75. The molecule has 3 unspecified atom stereocenters. The van der Waals surface area contributed by atoms with Crippen LogP contribution < -0.4 is 9.47 Å². The summed E-state index contributed by atoms with van der Waals surface area (Å²) in [5.41, 5.74) is 3.80. The first-order valence-corrected chi connectivity index (χ1v) is 7.10. The van der Waals surface area contributed by atoms with E-state index < -0.39 is 0 Å². The number of hydrogen-bond donors (Lipinski definition) is 1. The van der Waals surface area contributed by atoms with Gasteiger partial charge in [-0.2, -0.15) is 0 Å². The van der Waals surface area contributed by atoms with Gasteiger partial charge >= 0.3 is 0 Å². The Hall–Kier alpha value is -1.22. The molecular formula is C16H22O3. The number of rotatable bonds is 4. The molecule has 1 aromatic carbocycles. The Kier molecular flexibility index (Phi) is 3.17. The maximum Gasteiger partial charge on any atom is 0.126 e. The third-order valence-electron chi connectivity index (χ3n) is 4.83. The monoisotopic (exact) mass is 262 g/mol. The molecule has 1 fully saturated rings. The number of methoxy groups -OCH3 is 2. The van der Waals surface area contributed by atoms with Crippen molar-refractivity contribution in [2.24, 2.45) is 0 Å². The molecule has 0 saturated heterocycles. The number of ether oxygens (including phenoxy) is 2. The van der Waals surface area contributed by atoms with Gasteiger partial charge in [-0.1, -0.05) is 6.92 Å². The number of hydrogen-bond acceptors (Lipinski definition) is 3. The molecule has 3 rings (SSSR count). The summed E-state index contributed by atoms with van der Waals surface area (Å²) < 4.78 is 11.3. The van der Waals surface area contributed by atoms with E-state index in [4.69, 9.17) is 9.47 Å². The maximum atomic E-state index is 9.46. The molecule has 0 aliphatic heterocycles. The third-order valence-corrected chi connectivity index (χ3v) is 4.83. The van der Waals surface area contributed by atoms with Crippen LogP contribution >= 0.6 is 0 Å². The van der Waals surface area contributed by atoms with Gasteiger partial charge in [0.1, 0.15) is 11.5 Å². The Labute approximate surface area is 114 Å². The minimum absolute atomic E-state index is 0.0771. The molecule has 0 heterocycles. The Morgan fingerprint density at radius 3 is 2.47 bits per heavy atom. The van der Waals surface area contributed by atoms with Crippen LogP contribution in [0.3, 0.4) is 0 Å². The van der Waals surface area contributed by atoms with Crippen LogP contribution in [0.4, 0.5) is 0 Å². The summed E-state index contributed by atoms with van der Waals surface area (Å²) in [7, 11) is 3.48. The van der Waals surface area contributed by atoms with Gasteiger partial charge in [-0.05, 0) is 37.2 Å². The molecule has 0 radical (unpaired) electrons. The van der Waals surface area contributed by atoms with Crippen molar-refractivity contribution in [3.63, 3.8) is 0 Å². The van der Waals surface area contributed by atoms with Crippen LogP contribution in [0.1, 0.15) is 60.6 Å². The van der Waals surface area contributed by atoms with E-state index in [1.807, 2.05) is 6.92 Å². The van der Waals surface area contributed by atoms with E-state index in [1.54, 1.807) is 14.2 Å². The number of aliphatic hydroxyl groups is 1. The van der Waals surface area contributed by atoms with Crippen LogP contribution in [0.15, 0.2) is 6.07 Å². The van der Waals surface area contributed by atoms with E-state index >= 15 is 0 Å². The van der Waals surface area contributed by atoms with Crippen molar-refractivity contribution < 1.29 is 14.6 Å².